The molecule has 142 valence electrons. The van der Waals surface area contributed by atoms with Crippen LogP contribution >= 0.6 is 0 Å². The molecule has 0 amide bonds. The van der Waals surface area contributed by atoms with Crippen LogP contribution in [0.2, 0.25) is 0 Å². The molecule has 1 saturated heterocycles. The van der Waals surface area contributed by atoms with Crippen molar-refractivity contribution in [1.29, 1.82) is 0 Å². The van der Waals surface area contributed by atoms with Gasteiger partial charge in [0.1, 0.15) is 13.2 Å². The highest BCUT2D eigenvalue weighted by Crippen LogP contribution is 2.52. The molecule has 3 aromatic rings. The highest BCUT2D eigenvalue weighted by atomic mass is 16.5. The topological polar surface area (TPSA) is 53.7 Å². The van der Waals surface area contributed by atoms with Gasteiger partial charge in [0, 0.05) is 6.04 Å². The first-order valence-electron chi connectivity index (χ1n) is 9.70. The van der Waals surface area contributed by atoms with Crippen molar-refractivity contribution in [1.82, 2.24) is 0 Å². The van der Waals surface area contributed by atoms with E-state index in [1.54, 1.807) is 0 Å². The lowest BCUT2D eigenvalue weighted by Crippen LogP contribution is -2.25. The third-order valence-corrected chi connectivity index (χ3v) is 5.46. The lowest BCUT2D eigenvalue weighted by molar-refractivity contribution is 0.0679. The Morgan fingerprint density at radius 1 is 0.786 bits per heavy atom. The van der Waals surface area contributed by atoms with Gasteiger partial charge in [-0.1, -0.05) is 60.7 Å². The van der Waals surface area contributed by atoms with Crippen LogP contribution in [0.4, 0.5) is 0 Å². The number of ether oxygens (including phenoxy) is 3. The second-order valence-corrected chi connectivity index (χ2v) is 7.42. The number of rotatable bonds is 6. The fourth-order valence-corrected chi connectivity index (χ4v) is 4.02. The van der Waals surface area contributed by atoms with E-state index >= 15 is 0 Å². The van der Waals surface area contributed by atoms with Crippen molar-refractivity contribution < 1.29 is 14.2 Å². The molecule has 5 rings (SSSR count). The molecule has 2 N–H and O–H groups in total. The molecule has 2 aliphatic heterocycles. The van der Waals surface area contributed by atoms with Crippen molar-refractivity contribution in [3.63, 3.8) is 0 Å². The quantitative estimate of drug-likeness (QED) is 0.681. The van der Waals surface area contributed by atoms with Crippen LogP contribution in [-0.4, -0.2) is 6.04 Å². The minimum atomic E-state index is -0.0396. The Kier molecular flexibility index (Phi) is 4.51. The fourth-order valence-electron chi connectivity index (χ4n) is 4.02. The number of benzene rings is 3. The first-order chi connectivity index (χ1) is 13.8. The van der Waals surface area contributed by atoms with Gasteiger partial charge in [0.25, 0.3) is 0 Å². The van der Waals surface area contributed by atoms with Gasteiger partial charge in [0.15, 0.2) is 11.5 Å². The second-order valence-electron chi connectivity index (χ2n) is 7.42. The molecule has 0 aliphatic carbocycles. The first-order valence-corrected chi connectivity index (χ1v) is 9.70. The highest BCUT2D eigenvalue weighted by molar-refractivity contribution is 5.52. The average Bonchev–Trinajstić information content (AvgIpc) is 3.29. The van der Waals surface area contributed by atoms with Crippen molar-refractivity contribution in [3.05, 3.63) is 95.1 Å². The Labute approximate surface area is 164 Å². The lowest BCUT2D eigenvalue weighted by atomic mass is 9.88. The molecule has 2 heterocycles. The number of fused-ring (bicyclic) bond motifs is 5. The standard InChI is InChI=1S/C24H23NO3/c25-20-13-21-18-11-22(26-14-16-7-3-1-4-8-16)23(12-19(18)24(20)28-21)27-15-17-9-5-2-6-10-17/h1-12,20-21,24H,13-15,25H2/t20-,21+,24+/m1/s1. The molecule has 28 heavy (non-hydrogen) atoms. The average molecular weight is 373 g/mol. The number of hydrogen-bond donors (Lipinski definition) is 1. The number of hydrogen-bond acceptors (Lipinski definition) is 4. The van der Waals surface area contributed by atoms with Crippen LogP contribution in [0.5, 0.6) is 11.5 Å². The van der Waals surface area contributed by atoms with E-state index < -0.39 is 0 Å². The van der Waals surface area contributed by atoms with Crippen LogP contribution in [0.1, 0.15) is 40.9 Å². The molecular weight excluding hydrogens is 350 g/mol. The summed E-state index contributed by atoms with van der Waals surface area (Å²) in [5.74, 6) is 1.49. The molecule has 0 saturated carbocycles. The Bertz CT molecular complexity index is 958. The molecule has 3 aromatic carbocycles. The molecule has 2 aliphatic rings. The molecule has 0 unspecified atom stereocenters. The van der Waals surface area contributed by atoms with E-state index in [2.05, 4.69) is 36.4 Å². The maximum absolute atomic E-state index is 6.23. The van der Waals surface area contributed by atoms with E-state index in [1.165, 1.54) is 5.56 Å². The SMILES string of the molecule is N[C@@H]1C[C@@H]2O[C@H]1c1cc(OCc3ccccc3)c(OCc3ccccc3)cc12. The maximum atomic E-state index is 6.23. The summed E-state index contributed by atoms with van der Waals surface area (Å²) in [5.41, 5.74) is 10.8. The lowest BCUT2D eigenvalue weighted by Gasteiger charge is -2.21. The largest absolute Gasteiger partial charge is 0.485 e. The molecule has 4 nitrogen and oxygen atoms in total. The van der Waals surface area contributed by atoms with Gasteiger partial charge in [-0.05, 0) is 40.8 Å². The van der Waals surface area contributed by atoms with Crippen LogP contribution in [0, 0.1) is 0 Å². The van der Waals surface area contributed by atoms with E-state index in [9.17, 15) is 0 Å². The minimum absolute atomic E-state index is 0.0396. The fraction of sp³-hybridized carbons (Fsp3) is 0.250. The van der Waals surface area contributed by atoms with Crippen LogP contribution in [0.25, 0.3) is 0 Å². The van der Waals surface area contributed by atoms with Gasteiger partial charge in [-0.15, -0.1) is 0 Å². The maximum Gasteiger partial charge on any atom is 0.162 e. The molecule has 1 fully saturated rings. The predicted molar refractivity (Wildman–Crippen MR) is 107 cm³/mol. The number of nitrogens with two attached hydrogens (primary N) is 1. The van der Waals surface area contributed by atoms with Crippen LogP contribution in [0.15, 0.2) is 72.8 Å². The Balaban J connectivity index is 1.43. The summed E-state index contributed by atoms with van der Waals surface area (Å²) < 4.78 is 18.4. The summed E-state index contributed by atoms with van der Waals surface area (Å²) in [6, 6.07) is 24.5. The van der Waals surface area contributed by atoms with Gasteiger partial charge >= 0.3 is 0 Å². The molecule has 0 radical (unpaired) electrons. The van der Waals surface area contributed by atoms with Crippen molar-refractivity contribution in [2.75, 3.05) is 0 Å². The smallest absolute Gasteiger partial charge is 0.162 e. The molecule has 3 atom stereocenters. The van der Waals surface area contributed by atoms with Crippen LogP contribution in [-0.2, 0) is 18.0 Å². The zero-order valence-electron chi connectivity index (χ0n) is 15.6. The van der Waals surface area contributed by atoms with Crippen molar-refractivity contribution in [3.8, 4) is 11.5 Å². The van der Waals surface area contributed by atoms with Crippen molar-refractivity contribution >= 4 is 0 Å². The third-order valence-electron chi connectivity index (χ3n) is 5.46. The van der Waals surface area contributed by atoms with Crippen molar-refractivity contribution in [2.24, 2.45) is 5.73 Å². The van der Waals surface area contributed by atoms with E-state index in [0.29, 0.717) is 13.2 Å². The summed E-state index contributed by atoms with van der Waals surface area (Å²) in [7, 11) is 0. The van der Waals surface area contributed by atoms with Crippen LogP contribution in [0.3, 0.4) is 0 Å². The van der Waals surface area contributed by atoms with E-state index in [-0.39, 0.29) is 18.2 Å². The summed E-state index contributed by atoms with van der Waals surface area (Å²) in [4.78, 5) is 0. The Morgan fingerprint density at radius 3 is 1.89 bits per heavy atom. The molecule has 2 bridgehead atoms. The summed E-state index contributed by atoms with van der Waals surface area (Å²) in [6.07, 6.45) is 0.888. The molecule has 4 heteroatoms. The van der Waals surface area contributed by atoms with E-state index in [0.717, 1.165) is 34.6 Å². The predicted octanol–water partition coefficient (Wildman–Crippen LogP) is 4.69. The van der Waals surface area contributed by atoms with E-state index in [1.807, 2.05) is 36.4 Å². The van der Waals surface area contributed by atoms with Gasteiger partial charge < -0.3 is 19.9 Å². The minimum Gasteiger partial charge on any atom is -0.485 e. The van der Waals surface area contributed by atoms with Gasteiger partial charge in [-0.3, -0.25) is 0 Å². The normalized spacial score (nSPS) is 22.1. The molecule has 0 spiro atoms. The highest BCUT2D eigenvalue weighted by Gasteiger charge is 2.44. The summed E-state index contributed by atoms with van der Waals surface area (Å²) in [5, 5.41) is 0. The van der Waals surface area contributed by atoms with Crippen LogP contribution < -0.4 is 15.2 Å². The zero-order chi connectivity index (χ0) is 18.9. The zero-order valence-corrected chi connectivity index (χ0v) is 15.6. The van der Waals surface area contributed by atoms with Gasteiger partial charge in [0.2, 0.25) is 0 Å². The third kappa shape index (κ3) is 3.26. The van der Waals surface area contributed by atoms with Gasteiger partial charge in [-0.25, -0.2) is 0 Å². The van der Waals surface area contributed by atoms with Gasteiger partial charge in [-0.2, -0.15) is 0 Å². The summed E-state index contributed by atoms with van der Waals surface area (Å²) in [6.45, 7) is 0.984. The van der Waals surface area contributed by atoms with E-state index in [4.69, 9.17) is 19.9 Å². The molecule has 0 aromatic heterocycles. The monoisotopic (exact) mass is 373 g/mol. The Hall–Kier alpha value is -2.82. The van der Waals surface area contributed by atoms with Gasteiger partial charge in [0.05, 0.1) is 12.2 Å². The summed E-state index contributed by atoms with van der Waals surface area (Å²) >= 11 is 0. The second kappa shape index (κ2) is 7.30. The van der Waals surface area contributed by atoms with Crippen molar-refractivity contribution in [2.45, 2.75) is 37.9 Å². The first kappa shape index (κ1) is 17.3. The Morgan fingerprint density at radius 2 is 1.32 bits per heavy atom. The molecular formula is C24H23NO3.